The van der Waals surface area contributed by atoms with Crippen LogP contribution in [0.25, 0.3) is 11.3 Å². The van der Waals surface area contributed by atoms with Crippen molar-refractivity contribution in [1.82, 2.24) is 5.16 Å². The van der Waals surface area contributed by atoms with Gasteiger partial charge in [-0.25, -0.2) is 13.2 Å². The van der Waals surface area contributed by atoms with Gasteiger partial charge in [-0.15, -0.1) is 0 Å². The van der Waals surface area contributed by atoms with Crippen LogP contribution in [0, 0.1) is 24.4 Å². The first-order valence-corrected chi connectivity index (χ1v) is 6.94. The highest BCUT2D eigenvalue weighted by Gasteiger charge is 2.17. The fraction of sp³-hybridized carbons (Fsp3) is 0.0588. The van der Waals surface area contributed by atoms with Gasteiger partial charge in [-0.3, -0.25) is 10.1 Å². The third-order valence-electron chi connectivity index (χ3n) is 3.40. The Bertz CT molecular complexity index is 902. The number of anilines is 1. The van der Waals surface area contributed by atoms with Crippen LogP contribution in [0.4, 0.5) is 19.1 Å². The maximum Gasteiger partial charge on any atom is 0.258 e. The Hall–Kier alpha value is -3.09. The Morgan fingerprint density at radius 2 is 1.75 bits per heavy atom. The second-order valence-electron chi connectivity index (χ2n) is 5.09. The van der Waals surface area contributed by atoms with E-state index in [0.717, 1.165) is 18.2 Å². The van der Waals surface area contributed by atoms with Gasteiger partial charge in [0.15, 0.2) is 0 Å². The lowest BCUT2D eigenvalue weighted by Gasteiger charge is -2.02. The molecule has 1 amide bonds. The van der Waals surface area contributed by atoms with E-state index in [4.69, 9.17) is 4.52 Å². The van der Waals surface area contributed by atoms with Crippen molar-refractivity contribution in [2.24, 2.45) is 0 Å². The topological polar surface area (TPSA) is 55.1 Å². The molecule has 24 heavy (non-hydrogen) atoms. The normalized spacial score (nSPS) is 10.7. The molecule has 0 bridgehead atoms. The van der Waals surface area contributed by atoms with Gasteiger partial charge in [0.25, 0.3) is 5.91 Å². The number of hydrogen-bond donors (Lipinski definition) is 1. The van der Waals surface area contributed by atoms with Crippen LogP contribution in [-0.2, 0) is 0 Å². The van der Waals surface area contributed by atoms with Crippen LogP contribution in [0.5, 0.6) is 0 Å². The average Bonchev–Trinajstić information content (AvgIpc) is 2.98. The molecule has 0 saturated heterocycles. The molecule has 2 aromatic carbocycles. The Kier molecular flexibility index (Phi) is 4.07. The van der Waals surface area contributed by atoms with Crippen molar-refractivity contribution in [3.8, 4) is 11.3 Å². The molecular formula is C17H11F3N2O2. The number of carbonyl (C=O) groups excluding carboxylic acids is 1. The largest absolute Gasteiger partial charge is 0.338 e. The zero-order valence-electron chi connectivity index (χ0n) is 12.4. The van der Waals surface area contributed by atoms with Gasteiger partial charge in [-0.1, -0.05) is 17.3 Å². The number of amides is 1. The number of nitrogens with one attached hydrogen (secondary N) is 1. The molecule has 7 heteroatoms. The zero-order chi connectivity index (χ0) is 17.3. The number of halogens is 3. The van der Waals surface area contributed by atoms with Gasteiger partial charge in [0, 0.05) is 11.6 Å². The SMILES string of the molecule is Cc1ccc(C(=O)Nc2cc(-c3c(F)cccc3F)no2)cc1F. The van der Waals surface area contributed by atoms with E-state index in [-0.39, 0.29) is 22.7 Å². The quantitative estimate of drug-likeness (QED) is 0.777. The van der Waals surface area contributed by atoms with Crippen LogP contribution in [0.1, 0.15) is 15.9 Å². The zero-order valence-corrected chi connectivity index (χ0v) is 12.4. The Labute approximate surface area is 134 Å². The monoisotopic (exact) mass is 332 g/mol. The Morgan fingerprint density at radius 1 is 1.04 bits per heavy atom. The molecule has 122 valence electrons. The third-order valence-corrected chi connectivity index (χ3v) is 3.40. The predicted octanol–water partition coefficient (Wildman–Crippen LogP) is 4.32. The molecule has 0 saturated carbocycles. The lowest BCUT2D eigenvalue weighted by Crippen LogP contribution is -2.11. The molecule has 0 spiro atoms. The second-order valence-corrected chi connectivity index (χ2v) is 5.09. The van der Waals surface area contributed by atoms with E-state index in [1.165, 1.54) is 24.3 Å². The molecule has 0 atom stereocenters. The van der Waals surface area contributed by atoms with Gasteiger partial charge in [0.2, 0.25) is 5.88 Å². The number of rotatable bonds is 3. The van der Waals surface area contributed by atoms with E-state index < -0.39 is 23.4 Å². The van der Waals surface area contributed by atoms with Crippen LogP contribution < -0.4 is 5.32 Å². The molecule has 4 nitrogen and oxygen atoms in total. The van der Waals surface area contributed by atoms with Gasteiger partial charge in [0.1, 0.15) is 23.1 Å². The minimum atomic E-state index is -0.804. The summed E-state index contributed by atoms with van der Waals surface area (Å²) in [6, 6.07) is 8.57. The third kappa shape index (κ3) is 3.01. The fourth-order valence-corrected chi connectivity index (χ4v) is 2.11. The fourth-order valence-electron chi connectivity index (χ4n) is 2.11. The summed E-state index contributed by atoms with van der Waals surface area (Å²) in [5.74, 6) is -2.87. The lowest BCUT2D eigenvalue weighted by molar-refractivity contribution is 0.102. The van der Waals surface area contributed by atoms with Crippen molar-refractivity contribution in [1.29, 1.82) is 0 Å². The van der Waals surface area contributed by atoms with Crippen LogP contribution >= 0.6 is 0 Å². The molecule has 0 aliphatic heterocycles. The van der Waals surface area contributed by atoms with Crippen molar-refractivity contribution in [2.45, 2.75) is 6.92 Å². The van der Waals surface area contributed by atoms with Gasteiger partial charge in [-0.2, -0.15) is 0 Å². The number of benzene rings is 2. The molecule has 1 N–H and O–H groups in total. The van der Waals surface area contributed by atoms with E-state index in [2.05, 4.69) is 10.5 Å². The van der Waals surface area contributed by atoms with E-state index in [1.807, 2.05) is 0 Å². The molecule has 0 fully saturated rings. The van der Waals surface area contributed by atoms with Gasteiger partial charge < -0.3 is 4.52 Å². The van der Waals surface area contributed by atoms with Gasteiger partial charge in [-0.05, 0) is 36.8 Å². The molecule has 3 aromatic rings. The summed E-state index contributed by atoms with van der Waals surface area (Å²) < 4.78 is 45.8. The Balaban J connectivity index is 1.83. The summed E-state index contributed by atoms with van der Waals surface area (Å²) >= 11 is 0. The summed E-state index contributed by atoms with van der Waals surface area (Å²) in [6.07, 6.45) is 0. The van der Waals surface area contributed by atoms with Crippen LogP contribution in [0.2, 0.25) is 0 Å². The molecule has 1 aromatic heterocycles. The highest BCUT2D eigenvalue weighted by Crippen LogP contribution is 2.27. The summed E-state index contributed by atoms with van der Waals surface area (Å²) in [5, 5.41) is 5.90. The first-order valence-electron chi connectivity index (χ1n) is 6.94. The van der Waals surface area contributed by atoms with Crippen LogP contribution in [0.3, 0.4) is 0 Å². The van der Waals surface area contributed by atoms with Crippen LogP contribution in [-0.4, -0.2) is 11.1 Å². The maximum absolute atomic E-state index is 13.7. The van der Waals surface area contributed by atoms with E-state index in [0.29, 0.717) is 5.56 Å². The summed E-state index contributed by atoms with van der Waals surface area (Å²) in [5.41, 5.74) is 0.0239. The number of aromatic nitrogens is 1. The number of carbonyl (C=O) groups is 1. The highest BCUT2D eigenvalue weighted by molar-refractivity contribution is 6.03. The predicted molar refractivity (Wildman–Crippen MR) is 80.9 cm³/mol. The summed E-state index contributed by atoms with van der Waals surface area (Å²) in [4.78, 5) is 12.0. The van der Waals surface area contributed by atoms with Gasteiger partial charge >= 0.3 is 0 Å². The second kappa shape index (κ2) is 6.19. The van der Waals surface area contributed by atoms with E-state index in [1.54, 1.807) is 6.92 Å². The van der Waals surface area contributed by atoms with Crippen LogP contribution in [0.15, 0.2) is 47.0 Å². The van der Waals surface area contributed by atoms with Crippen molar-refractivity contribution in [3.63, 3.8) is 0 Å². The minimum absolute atomic E-state index is 0.0770. The van der Waals surface area contributed by atoms with Crippen molar-refractivity contribution >= 4 is 11.8 Å². The lowest BCUT2D eigenvalue weighted by atomic mass is 10.1. The number of nitrogens with zero attached hydrogens (tertiary/aromatic N) is 1. The average molecular weight is 332 g/mol. The summed E-state index contributed by atoms with van der Waals surface area (Å²) in [7, 11) is 0. The standard InChI is InChI=1S/C17H11F3N2O2/c1-9-5-6-10(7-13(9)20)17(23)21-15-8-14(22-24-15)16-11(18)3-2-4-12(16)19/h2-8H,1H3,(H,21,23). The molecule has 1 heterocycles. The minimum Gasteiger partial charge on any atom is -0.338 e. The maximum atomic E-state index is 13.7. The molecule has 0 radical (unpaired) electrons. The Morgan fingerprint density at radius 3 is 2.42 bits per heavy atom. The molecular weight excluding hydrogens is 321 g/mol. The van der Waals surface area contributed by atoms with Crippen molar-refractivity contribution in [3.05, 3.63) is 71.0 Å². The smallest absolute Gasteiger partial charge is 0.258 e. The van der Waals surface area contributed by atoms with E-state index in [9.17, 15) is 18.0 Å². The van der Waals surface area contributed by atoms with Gasteiger partial charge in [0.05, 0.1) is 5.56 Å². The number of aryl methyl sites for hydroxylation is 1. The van der Waals surface area contributed by atoms with Crippen molar-refractivity contribution < 1.29 is 22.5 Å². The number of hydrogen-bond acceptors (Lipinski definition) is 3. The highest BCUT2D eigenvalue weighted by atomic mass is 19.1. The summed E-state index contributed by atoms with van der Waals surface area (Å²) in [6.45, 7) is 1.57. The molecule has 0 aliphatic carbocycles. The first kappa shape index (κ1) is 15.8. The molecule has 3 rings (SSSR count). The van der Waals surface area contributed by atoms with E-state index >= 15 is 0 Å². The van der Waals surface area contributed by atoms with Crippen molar-refractivity contribution in [2.75, 3.05) is 5.32 Å². The first-order chi connectivity index (χ1) is 11.5. The molecule has 0 unspecified atom stereocenters. The molecule has 0 aliphatic rings.